The smallest absolute Gasteiger partial charge is 0.242 e. The van der Waals surface area contributed by atoms with Gasteiger partial charge in [0.1, 0.15) is 5.82 Å². The normalized spacial score (nSPS) is 18.6. The quantitative estimate of drug-likeness (QED) is 0.926. The lowest BCUT2D eigenvalue weighted by Gasteiger charge is -2.26. The van der Waals surface area contributed by atoms with Gasteiger partial charge in [0.2, 0.25) is 5.91 Å². The molecule has 19 heavy (non-hydrogen) atoms. The predicted octanol–water partition coefficient (Wildman–Crippen LogP) is 2.94. The molecule has 104 valence electrons. The summed E-state index contributed by atoms with van der Waals surface area (Å²) in [6, 6.07) is 3.33. The van der Waals surface area contributed by atoms with Gasteiger partial charge in [-0.15, -0.1) is 0 Å². The second kappa shape index (κ2) is 6.87. The lowest BCUT2D eigenvalue weighted by molar-refractivity contribution is -0.120. The summed E-state index contributed by atoms with van der Waals surface area (Å²) in [6.45, 7) is 3.96. The third-order valence-electron chi connectivity index (χ3n) is 3.55. The highest BCUT2D eigenvalue weighted by atomic mass is 35.5. The van der Waals surface area contributed by atoms with Crippen LogP contribution >= 0.6 is 11.6 Å². The average Bonchev–Trinajstić information content (AvgIpc) is 2.69. The molecule has 2 rings (SSSR count). The third-order valence-corrected chi connectivity index (χ3v) is 3.77. The number of halogens is 1. The molecule has 1 N–H and O–H groups in total. The topological polar surface area (TPSA) is 45.2 Å². The van der Waals surface area contributed by atoms with Crippen LogP contribution in [0.2, 0.25) is 5.02 Å². The third kappa shape index (κ3) is 4.18. The van der Waals surface area contributed by atoms with Crippen molar-refractivity contribution in [3.63, 3.8) is 0 Å². The molecule has 4 nitrogen and oxygen atoms in total. The van der Waals surface area contributed by atoms with E-state index >= 15 is 0 Å². The van der Waals surface area contributed by atoms with Crippen LogP contribution < -0.4 is 5.32 Å². The van der Waals surface area contributed by atoms with Crippen LogP contribution in [-0.2, 0) is 4.79 Å². The molecule has 1 aromatic rings. The van der Waals surface area contributed by atoms with Crippen LogP contribution in [0, 0.1) is 0 Å². The lowest BCUT2D eigenvalue weighted by atomic mass is 10.2. The molecular weight excluding hydrogens is 262 g/mol. The number of nitrogens with one attached hydrogen (secondary N) is 1. The second-order valence-corrected chi connectivity index (χ2v) is 5.41. The van der Waals surface area contributed by atoms with Gasteiger partial charge in [-0.25, -0.2) is 4.98 Å². The van der Waals surface area contributed by atoms with Crippen molar-refractivity contribution in [2.24, 2.45) is 0 Å². The fourth-order valence-electron chi connectivity index (χ4n) is 2.33. The first-order chi connectivity index (χ1) is 9.16. The van der Waals surface area contributed by atoms with E-state index < -0.39 is 0 Å². The molecule has 1 unspecified atom stereocenters. The van der Waals surface area contributed by atoms with Crippen molar-refractivity contribution in [3.05, 3.63) is 23.4 Å². The monoisotopic (exact) mass is 281 g/mol. The van der Waals surface area contributed by atoms with Crippen molar-refractivity contribution < 1.29 is 4.79 Å². The molecule has 1 aromatic heterocycles. The second-order valence-electron chi connectivity index (χ2n) is 4.98. The van der Waals surface area contributed by atoms with E-state index in [0.717, 1.165) is 13.1 Å². The Morgan fingerprint density at radius 1 is 1.32 bits per heavy atom. The van der Waals surface area contributed by atoms with Crippen LogP contribution in [-0.4, -0.2) is 34.9 Å². The van der Waals surface area contributed by atoms with Crippen LogP contribution in [0.4, 0.5) is 5.82 Å². The minimum Gasteiger partial charge on any atom is -0.309 e. The number of amides is 1. The SMILES string of the molecule is CC(C(=O)Nc1ccc(Cl)cn1)N1CCCCCC1. The molecule has 0 aliphatic carbocycles. The van der Waals surface area contributed by atoms with E-state index in [-0.39, 0.29) is 11.9 Å². The molecule has 0 saturated carbocycles. The number of hydrogen-bond acceptors (Lipinski definition) is 3. The summed E-state index contributed by atoms with van der Waals surface area (Å²) < 4.78 is 0. The molecule has 1 saturated heterocycles. The molecule has 1 amide bonds. The Bertz CT molecular complexity index is 413. The minimum absolute atomic E-state index is 0.00303. The first-order valence-electron chi connectivity index (χ1n) is 6.83. The summed E-state index contributed by atoms with van der Waals surface area (Å²) in [5.41, 5.74) is 0. The fourth-order valence-corrected chi connectivity index (χ4v) is 2.44. The molecule has 1 aliphatic rings. The predicted molar refractivity (Wildman–Crippen MR) is 77.4 cm³/mol. The zero-order valence-corrected chi connectivity index (χ0v) is 12.0. The zero-order valence-electron chi connectivity index (χ0n) is 11.2. The molecule has 2 heterocycles. The Kier molecular flexibility index (Phi) is 5.16. The highest BCUT2D eigenvalue weighted by molar-refractivity contribution is 6.30. The van der Waals surface area contributed by atoms with Crippen molar-refractivity contribution in [2.75, 3.05) is 18.4 Å². The van der Waals surface area contributed by atoms with E-state index in [4.69, 9.17) is 11.6 Å². The van der Waals surface area contributed by atoms with Gasteiger partial charge in [0.25, 0.3) is 0 Å². The van der Waals surface area contributed by atoms with Gasteiger partial charge in [0.15, 0.2) is 0 Å². The average molecular weight is 282 g/mol. The Balaban J connectivity index is 1.92. The van der Waals surface area contributed by atoms with E-state index in [0.29, 0.717) is 10.8 Å². The number of rotatable bonds is 3. The van der Waals surface area contributed by atoms with Gasteiger partial charge in [0, 0.05) is 6.20 Å². The number of aromatic nitrogens is 1. The van der Waals surface area contributed by atoms with Gasteiger partial charge >= 0.3 is 0 Å². The number of nitrogens with zero attached hydrogens (tertiary/aromatic N) is 2. The maximum absolute atomic E-state index is 12.2. The molecule has 0 spiro atoms. The first kappa shape index (κ1) is 14.3. The summed E-state index contributed by atoms with van der Waals surface area (Å²) in [5, 5.41) is 3.40. The summed E-state index contributed by atoms with van der Waals surface area (Å²) in [5.74, 6) is 0.549. The van der Waals surface area contributed by atoms with Crippen molar-refractivity contribution in [1.29, 1.82) is 0 Å². The van der Waals surface area contributed by atoms with E-state index in [1.807, 2.05) is 6.92 Å². The molecular formula is C14H20ClN3O. The minimum atomic E-state index is -0.115. The molecule has 1 atom stereocenters. The van der Waals surface area contributed by atoms with Crippen LogP contribution in [0.5, 0.6) is 0 Å². The number of carbonyl (C=O) groups is 1. The summed E-state index contributed by atoms with van der Waals surface area (Å²) in [7, 11) is 0. The molecule has 5 heteroatoms. The number of likely N-dealkylation sites (tertiary alicyclic amines) is 1. The molecule has 1 aliphatic heterocycles. The van der Waals surface area contributed by atoms with Crippen molar-refractivity contribution in [3.8, 4) is 0 Å². The fraction of sp³-hybridized carbons (Fsp3) is 0.571. The Hall–Kier alpha value is -1.13. The first-order valence-corrected chi connectivity index (χ1v) is 7.21. The van der Waals surface area contributed by atoms with Crippen molar-refractivity contribution in [1.82, 2.24) is 9.88 Å². The van der Waals surface area contributed by atoms with E-state index in [1.165, 1.54) is 31.9 Å². The van der Waals surface area contributed by atoms with E-state index in [9.17, 15) is 4.79 Å². The Morgan fingerprint density at radius 2 is 2.00 bits per heavy atom. The van der Waals surface area contributed by atoms with E-state index in [1.54, 1.807) is 12.1 Å². The van der Waals surface area contributed by atoms with Gasteiger partial charge in [-0.1, -0.05) is 24.4 Å². The maximum Gasteiger partial charge on any atom is 0.242 e. The summed E-state index contributed by atoms with van der Waals surface area (Å²) in [6.07, 6.45) is 6.43. The van der Waals surface area contributed by atoms with Gasteiger partial charge in [-0.05, 0) is 45.0 Å². The highest BCUT2D eigenvalue weighted by Crippen LogP contribution is 2.14. The number of anilines is 1. The Morgan fingerprint density at radius 3 is 2.58 bits per heavy atom. The highest BCUT2D eigenvalue weighted by Gasteiger charge is 2.22. The van der Waals surface area contributed by atoms with Gasteiger partial charge in [-0.2, -0.15) is 0 Å². The maximum atomic E-state index is 12.2. The van der Waals surface area contributed by atoms with Crippen molar-refractivity contribution >= 4 is 23.3 Å². The van der Waals surface area contributed by atoms with Crippen molar-refractivity contribution in [2.45, 2.75) is 38.6 Å². The largest absolute Gasteiger partial charge is 0.309 e. The van der Waals surface area contributed by atoms with Crippen LogP contribution in [0.15, 0.2) is 18.3 Å². The summed E-state index contributed by atoms with van der Waals surface area (Å²) >= 11 is 5.77. The molecule has 0 bridgehead atoms. The van der Waals surface area contributed by atoms with Gasteiger partial charge in [0.05, 0.1) is 11.1 Å². The molecule has 1 fully saturated rings. The zero-order chi connectivity index (χ0) is 13.7. The standard InChI is InChI=1S/C14H20ClN3O/c1-11(18-8-4-2-3-5-9-18)14(19)17-13-7-6-12(15)10-16-13/h6-7,10-11H,2-5,8-9H2,1H3,(H,16,17,19). The Labute approximate surface area is 119 Å². The number of carbonyl (C=O) groups excluding carboxylic acids is 1. The molecule has 0 radical (unpaired) electrons. The molecule has 0 aromatic carbocycles. The van der Waals surface area contributed by atoms with Crippen LogP contribution in [0.25, 0.3) is 0 Å². The number of hydrogen-bond donors (Lipinski definition) is 1. The summed E-state index contributed by atoms with van der Waals surface area (Å²) in [4.78, 5) is 18.5. The van der Waals surface area contributed by atoms with Crippen LogP contribution in [0.3, 0.4) is 0 Å². The van der Waals surface area contributed by atoms with E-state index in [2.05, 4.69) is 15.2 Å². The lowest BCUT2D eigenvalue weighted by Crippen LogP contribution is -2.42. The van der Waals surface area contributed by atoms with Gasteiger partial charge in [-0.3, -0.25) is 9.69 Å². The van der Waals surface area contributed by atoms with Gasteiger partial charge < -0.3 is 5.32 Å². The number of pyridine rings is 1. The van der Waals surface area contributed by atoms with Crippen LogP contribution in [0.1, 0.15) is 32.6 Å².